The molecule has 0 spiro atoms. The van der Waals surface area contributed by atoms with Crippen LogP contribution in [0, 0.1) is 0 Å². The molecule has 0 aliphatic carbocycles. The molecule has 3 aromatic rings. The number of hydrogen-bond acceptors (Lipinski definition) is 9. The third kappa shape index (κ3) is 8.12. The van der Waals surface area contributed by atoms with Crippen molar-refractivity contribution in [1.82, 2.24) is 0 Å². The van der Waals surface area contributed by atoms with E-state index in [4.69, 9.17) is 42.6 Å². The smallest absolute Gasteiger partial charge is 0.203 e. The molecule has 3 rings (SSSR count). The fourth-order valence-electron chi connectivity index (χ4n) is 4.88. The Morgan fingerprint density at radius 3 is 1.12 bits per heavy atom. The van der Waals surface area contributed by atoms with E-state index in [2.05, 4.69) is 0 Å². The molecule has 234 valence electrons. The van der Waals surface area contributed by atoms with Crippen molar-refractivity contribution in [1.29, 1.82) is 0 Å². The molecule has 0 N–H and O–H groups in total. The summed E-state index contributed by atoms with van der Waals surface area (Å²) in [6, 6.07) is 11.5. The van der Waals surface area contributed by atoms with Crippen LogP contribution in [-0.4, -0.2) is 62.0 Å². The van der Waals surface area contributed by atoms with Crippen LogP contribution in [0.15, 0.2) is 42.5 Å². The van der Waals surface area contributed by atoms with E-state index in [0.29, 0.717) is 64.6 Å². The molecule has 0 saturated heterocycles. The highest BCUT2D eigenvalue weighted by atomic mass is 16.6. The van der Waals surface area contributed by atoms with Gasteiger partial charge in [0, 0.05) is 12.8 Å². The lowest BCUT2D eigenvalue weighted by atomic mass is 10.1. The van der Waals surface area contributed by atoms with Crippen molar-refractivity contribution in [3.8, 4) is 51.7 Å². The van der Waals surface area contributed by atoms with E-state index in [9.17, 15) is 0 Å². The maximum atomic E-state index is 6.38. The third-order valence-electron chi connectivity index (χ3n) is 6.77. The first-order valence-corrected chi connectivity index (χ1v) is 14.0. The van der Waals surface area contributed by atoms with E-state index in [1.54, 1.807) is 49.8 Å². The van der Waals surface area contributed by atoms with Gasteiger partial charge in [-0.05, 0) is 73.9 Å². The Bertz CT molecular complexity index is 1310. The molecule has 9 heteroatoms. The van der Waals surface area contributed by atoms with Crippen molar-refractivity contribution in [3.05, 3.63) is 59.2 Å². The molecule has 0 aliphatic rings. The van der Waals surface area contributed by atoms with Crippen molar-refractivity contribution in [2.75, 3.05) is 49.8 Å². The zero-order chi connectivity index (χ0) is 31.5. The first-order valence-electron chi connectivity index (χ1n) is 14.0. The summed E-state index contributed by atoms with van der Waals surface area (Å²) in [6.07, 6.45) is 4.62. The summed E-state index contributed by atoms with van der Waals surface area (Å²) < 4.78 is 51.9. The Kier molecular flexibility index (Phi) is 12.1. The lowest BCUT2D eigenvalue weighted by molar-refractivity contribution is 0.197. The maximum absolute atomic E-state index is 6.38. The fourth-order valence-corrected chi connectivity index (χ4v) is 4.88. The molecule has 9 nitrogen and oxygen atoms in total. The summed E-state index contributed by atoms with van der Waals surface area (Å²) >= 11 is 0. The first kappa shape index (κ1) is 33.1. The molecule has 2 atom stereocenters. The highest BCUT2D eigenvalue weighted by Gasteiger charge is 2.22. The Labute approximate surface area is 255 Å². The lowest BCUT2D eigenvalue weighted by Gasteiger charge is -2.22. The zero-order valence-corrected chi connectivity index (χ0v) is 26.9. The molecule has 0 fully saturated rings. The lowest BCUT2D eigenvalue weighted by Crippen LogP contribution is -2.18. The second kappa shape index (κ2) is 15.7. The summed E-state index contributed by atoms with van der Waals surface area (Å²) in [5.41, 5.74) is 2.88. The minimum absolute atomic E-state index is 0.226. The van der Waals surface area contributed by atoms with Crippen LogP contribution in [0.2, 0.25) is 0 Å². The predicted octanol–water partition coefficient (Wildman–Crippen LogP) is 6.80. The highest BCUT2D eigenvalue weighted by molar-refractivity contribution is 5.62. The summed E-state index contributed by atoms with van der Waals surface area (Å²) in [6.45, 7) is 5.93. The Morgan fingerprint density at radius 1 is 0.488 bits per heavy atom. The maximum Gasteiger partial charge on any atom is 0.203 e. The Morgan fingerprint density at radius 2 is 0.814 bits per heavy atom. The van der Waals surface area contributed by atoms with Crippen LogP contribution >= 0.6 is 0 Å². The van der Waals surface area contributed by atoms with Crippen molar-refractivity contribution in [3.63, 3.8) is 0 Å². The van der Waals surface area contributed by atoms with Gasteiger partial charge in [-0.1, -0.05) is 12.2 Å². The molecule has 0 amide bonds. The molecule has 0 aliphatic heterocycles. The zero-order valence-electron chi connectivity index (χ0n) is 26.9. The molecular weight excluding hydrogens is 552 g/mol. The van der Waals surface area contributed by atoms with E-state index in [-0.39, 0.29) is 12.2 Å². The summed E-state index contributed by atoms with van der Waals surface area (Å²) in [4.78, 5) is 0. The molecule has 0 radical (unpaired) electrons. The molecule has 0 unspecified atom stereocenters. The Balaban J connectivity index is 1.82. The molecule has 0 heterocycles. The molecule has 43 heavy (non-hydrogen) atoms. The number of allylic oxidation sites excluding steroid dienone is 1. The van der Waals surface area contributed by atoms with E-state index in [1.165, 1.54) is 0 Å². The van der Waals surface area contributed by atoms with Gasteiger partial charge in [0.05, 0.1) is 49.8 Å². The summed E-state index contributed by atoms with van der Waals surface area (Å²) in [5.74, 6) is 5.09. The van der Waals surface area contributed by atoms with Crippen molar-refractivity contribution < 1.29 is 42.6 Å². The van der Waals surface area contributed by atoms with Crippen LogP contribution in [0.4, 0.5) is 0 Å². The summed E-state index contributed by atoms with van der Waals surface area (Å²) in [5, 5.41) is 0. The molecule has 0 saturated carbocycles. The van der Waals surface area contributed by atoms with E-state index in [1.807, 2.05) is 69.3 Å². The van der Waals surface area contributed by atoms with Crippen LogP contribution in [-0.2, 0) is 12.8 Å². The van der Waals surface area contributed by atoms with Crippen molar-refractivity contribution >= 4 is 6.08 Å². The summed E-state index contributed by atoms with van der Waals surface area (Å²) in [7, 11) is 11.2. The van der Waals surface area contributed by atoms with Gasteiger partial charge >= 0.3 is 0 Å². The molecule has 0 aromatic heterocycles. The van der Waals surface area contributed by atoms with Gasteiger partial charge in [0.15, 0.2) is 34.5 Å². The van der Waals surface area contributed by atoms with Crippen LogP contribution in [0.3, 0.4) is 0 Å². The van der Waals surface area contributed by atoms with Crippen LogP contribution in [0.5, 0.6) is 51.7 Å². The molecule has 0 bridgehead atoms. The quantitative estimate of drug-likeness (QED) is 0.177. The van der Waals surface area contributed by atoms with Crippen LogP contribution < -0.4 is 42.6 Å². The van der Waals surface area contributed by atoms with E-state index >= 15 is 0 Å². The number of methoxy groups -OCH3 is 7. The van der Waals surface area contributed by atoms with Gasteiger partial charge in [0.25, 0.3) is 0 Å². The monoisotopic (exact) mass is 596 g/mol. The fraction of sp³-hybridized carbons (Fsp3) is 0.412. The van der Waals surface area contributed by atoms with E-state index < -0.39 is 0 Å². The van der Waals surface area contributed by atoms with Gasteiger partial charge in [-0.3, -0.25) is 0 Å². The van der Waals surface area contributed by atoms with Gasteiger partial charge in [-0.2, -0.15) is 0 Å². The minimum atomic E-state index is -0.232. The second-order valence-electron chi connectivity index (χ2n) is 9.88. The van der Waals surface area contributed by atoms with Gasteiger partial charge in [0.2, 0.25) is 17.2 Å². The Hall–Kier alpha value is -4.40. The number of rotatable bonds is 16. The van der Waals surface area contributed by atoms with Gasteiger partial charge in [0.1, 0.15) is 12.2 Å². The second-order valence-corrected chi connectivity index (χ2v) is 9.88. The third-order valence-corrected chi connectivity index (χ3v) is 6.77. The molecule has 3 aromatic carbocycles. The van der Waals surface area contributed by atoms with Gasteiger partial charge in [-0.25, -0.2) is 0 Å². The highest BCUT2D eigenvalue weighted by Crippen LogP contribution is 2.43. The largest absolute Gasteiger partial charge is 0.493 e. The van der Waals surface area contributed by atoms with E-state index in [0.717, 1.165) is 16.7 Å². The molecular formula is C34H44O9. The van der Waals surface area contributed by atoms with Gasteiger partial charge in [-0.15, -0.1) is 0 Å². The average molecular weight is 597 g/mol. The normalized spacial score (nSPS) is 12.3. The average Bonchev–Trinajstić information content (AvgIpc) is 3.01. The van der Waals surface area contributed by atoms with Crippen molar-refractivity contribution in [2.24, 2.45) is 0 Å². The van der Waals surface area contributed by atoms with Crippen LogP contribution in [0.1, 0.15) is 37.5 Å². The minimum Gasteiger partial charge on any atom is -0.493 e. The number of benzene rings is 3. The van der Waals surface area contributed by atoms with Crippen molar-refractivity contribution in [2.45, 2.75) is 45.8 Å². The number of ether oxygens (including phenoxy) is 9. The number of hydrogen-bond donors (Lipinski definition) is 0. The predicted molar refractivity (Wildman–Crippen MR) is 167 cm³/mol. The SMILES string of the molecule is C/C=C/c1cc(OC)c(O[C@H](C)Cc2cc(OC)c(O[C@@H](C)Cc3cc(OC)c(OC)c(OC)c3)c(OC)c2)c(OC)c1. The van der Waals surface area contributed by atoms with Crippen LogP contribution in [0.25, 0.3) is 6.08 Å². The standard InChI is InChI=1S/C34H44O9/c1-11-12-23-15-28(37-6)33(29(16-23)38-7)42-22(3)14-25-19-30(39-8)34(31(20-25)40-9)43-21(2)13-24-17-26(35-4)32(41-10)27(18-24)36-5/h11-12,15-22H,13-14H2,1-10H3/b12-11+/t21-,22+/m0/s1. The topological polar surface area (TPSA) is 83.1 Å². The van der Waals surface area contributed by atoms with Gasteiger partial charge < -0.3 is 42.6 Å². The first-order chi connectivity index (χ1) is 20.7.